The summed E-state index contributed by atoms with van der Waals surface area (Å²) in [5.74, 6) is 0.186. The first-order valence-electron chi connectivity index (χ1n) is 4.36. The van der Waals surface area contributed by atoms with E-state index in [1.165, 1.54) is 6.26 Å². The van der Waals surface area contributed by atoms with E-state index in [2.05, 4.69) is 5.10 Å². The van der Waals surface area contributed by atoms with Gasteiger partial charge in [0.15, 0.2) is 0 Å². The Labute approximate surface area is 83.8 Å². The lowest BCUT2D eigenvalue weighted by Crippen LogP contribution is -2.07. The summed E-state index contributed by atoms with van der Waals surface area (Å²) in [6, 6.07) is 0. The Balaban J connectivity index is 2.47. The number of nitrogens with two attached hydrogens (primary N) is 1. The molecule has 0 amide bonds. The minimum absolute atomic E-state index is 0.186. The molecule has 6 heteroatoms. The summed E-state index contributed by atoms with van der Waals surface area (Å²) < 4.78 is 23.4. The lowest BCUT2D eigenvalue weighted by molar-refractivity contribution is 0.575. The Morgan fingerprint density at radius 3 is 2.64 bits per heavy atom. The molecule has 0 aromatic carbocycles. The monoisotopic (exact) mass is 217 g/mol. The average molecular weight is 217 g/mol. The fourth-order valence-electron chi connectivity index (χ4n) is 1.14. The van der Waals surface area contributed by atoms with E-state index in [4.69, 9.17) is 5.73 Å². The molecule has 1 aromatic rings. The predicted octanol–water partition coefficient (Wildman–Crippen LogP) is 0.208. The molecule has 0 unspecified atom stereocenters. The van der Waals surface area contributed by atoms with Gasteiger partial charge in [0.25, 0.3) is 0 Å². The van der Waals surface area contributed by atoms with Gasteiger partial charge in [-0.3, -0.25) is 4.68 Å². The van der Waals surface area contributed by atoms with Crippen LogP contribution in [0.4, 0.5) is 5.69 Å². The van der Waals surface area contributed by atoms with Gasteiger partial charge in [0.2, 0.25) is 0 Å². The van der Waals surface area contributed by atoms with Crippen molar-refractivity contribution >= 4 is 15.5 Å². The van der Waals surface area contributed by atoms with E-state index in [1.54, 1.807) is 10.9 Å². The summed E-state index contributed by atoms with van der Waals surface area (Å²) in [4.78, 5) is 0. The summed E-state index contributed by atoms with van der Waals surface area (Å²) >= 11 is 0. The summed E-state index contributed by atoms with van der Waals surface area (Å²) in [6.07, 6.45) is 3.52. The van der Waals surface area contributed by atoms with E-state index in [1.807, 2.05) is 6.92 Å². The zero-order valence-corrected chi connectivity index (χ0v) is 9.21. The van der Waals surface area contributed by atoms with Crippen LogP contribution in [0.2, 0.25) is 0 Å². The van der Waals surface area contributed by atoms with Gasteiger partial charge in [-0.2, -0.15) is 5.10 Å². The third-order valence-electron chi connectivity index (χ3n) is 1.89. The van der Waals surface area contributed by atoms with Crippen molar-refractivity contribution in [1.82, 2.24) is 9.78 Å². The number of aryl methyl sites for hydroxylation is 2. The molecular weight excluding hydrogens is 202 g/mol. The molecule has 0 aliphatic rings. The minimum Gasteiger partial charge on any atom is -0.396 e. The highest BCUT2D eigenvalue weighted by atomic mass is 32.2. The van der Waals surface area contributed by atoms with E-state index < -0.39 is 9.84 Å². The van der Waals surface area contributed by atoms with Crippen LogP contribution in [0.5, 0.6) is 0 Å². The van der Waals surface area contributed by atoms with Gasteiger partial charge < -0.3 is 5.73 Å². The number of rotatable bonds is 4. The molecule has 0 bridgehead atoms. The van der Waals surface area contributed by atoms with E-state index >= 15 is 0 Å². The van der Waals surface area contributed by atoms with Crippen LogP contribution in [0.3, 0.4) is 0 Å². The summed E-state index contributed by atoms with van der Waals surface area (Å²) in [6.45, 7) is 2.41. The van der Waals surface area contributed by atoms with E-state index in [0.717, 1.165) is 5.69 Å². The van der Waals surface area contributed by atoms with Gasteiger partial charge in [-0.1, -0.05) is 0 Å². The molecule has 0 atom stereocenters. The number of hydrogen-bond donors (Lipinski definition) is 1. The number of aromatic nitrogens is 2. The maximum Gasteiger partial charge on any atom is 0.147 e. The van der Waals surface area contributed by atoms with Crippen LogP contribution >= 0.6 is 0 Å². The third kappa shape index (κ3) is 3.37. The zero-order valence-electron chi connectivity index (χ0n) is 8.40. The Morgan fingerprint density at radius 1 is 1.57 bits per heavy atom. The smallest absolute Gasteiger partial charge is 0.147 e. The van der Waals surface area contributed by atoms with Gasteiger partial charge >= 0.3 is 0 Å². The molecule has 1 aromatic heterocycles. The average Bonchev–Trinajstić information content (AvgIpc) is 2.28. The van der Waals surface area contributed by atoms with E-state index in [-0.39, 0.29) is 5.75 Å². The minimum atomic E-state index is -2.87. The second-order valence-electron chi connectivity index (χ2n) is 3.42. The van der Waals surface area contributed by atoms with Gasteiger partial charge in [-0.15, -0.1) is 0 Å². The van der Waals surface area contributed by atoms with Crippen molar-refractivity contribution in [3.8, 4) is 0 Å². The van der Waals surface area contributed by atoms with Crippen molar-refractivity contribution in [2.75, 3.05) is 17.7 Å². The second kappa shape index (κ2) is 4.00. The van der Waals surface area contributed by atoms with Crippen molar-refractivity contribution in [3.63, 3.8) is 0 Å². The van der Waals surface area contributed by atoms with Crippen molar-refractivity contribution in [2.24, 2.45) is 0 Å². The van der Waals surface area contributed by atoms with Gasteiger partial charge in [-0.25, -0.2) is 8.42 Å². The van der Waals surface area contributed by atoms with Crippen molar-refractivity contribution in [3.05, 3.63) is 11.9 Å². The van der Waals surface area contributed by atoms with Crippen molar-refractivity contribution in [2.45, 2.75) is 19.9 Å². The van der Waals surface area contributed by atoms with Crippen molar-refractivity contribution in [1.29, 1.82) is 0 Å². The lowest BCUT2D eigenvalue weighted by Gasteiger charge is -1.99. The van der Waals surface area contributed by atoms with Gasteiger partial charge in [0.1, 0.15) is 9.84 Å². The number of nitrogen functional groups attached to an aromatic ring is 1. The highest BCUT2D eigenvalue weighted by Crippen LogP contribution is 2.07. The number of sulfone groups is 1. The third-order valence-corrected chi connectivity index (χ3v) is 2.92. The quantitative estimate of drug-likeness (QED) is 0.782. The van der Waals surface area contributed by atoms with Crippen LogP contribution in [-0.4, -0.2) is 30.2 Å². The number of nitrogens with zero attached hydrogens (tertiary/aromatic N) is 2. The molecule has 80 valence electrons. The van der Waals surface area contributed by atoms with Gasteiger partial charge in [-0.05, 0) is 13.3 Å². The number of hydrogen-bond acceptors (Lipinski definition) is 4. The fourth-order valence-corrected chi connectivity index (χ4v) is 1.79. The molecule has 2 N–H and O–H groups in total. The largest absolute Gasteiger partial charge is 0.396 e. The molecule has 0 aliphatic carbocycles. The molecule has 14 heavy (non-hydrogen) atoms. The maximum absolute atomic E-state index is 10.8. The maximum atomic E-state index is 10.8. The highest BCUT2D eigenvalue weighted by molar-refractivity contribution is 7.90. The van der Waals surface area contributed by atoms with Crippen LogP contribution in [0.15, 0.2) is 6.20 Å². The molecule has 0 aliphatic heterocycles. The topological polar surface area (TPSA) is 78.0 Å². The first-order valence-corrected chi connectivity index (χ1v) is 6.42. The summed E-state index contributed by atoms with van der Waals surface area (Å²) in [5.41, 5.74) is 7.02. The fraction of sp³-hybridized carbons (Fsp3) is 0.625. The van der Waals surface area contributed by atoms with Crippen LogP contribution in [0.1, 0.15) is 12.1 Å². The van der Waals surface area contributed by atoms with Crippen molar-refractivity contribution < 1.29 is 8.42 Å². The van der Waals surface area contributed by atoms with E-state index in [0.29, 0.717) is 18.7 Å². The van der Waals surface area contributed by atoms with Crippen LogP contribution in [0, 0.1) is 6.92 Å². The molecule has 5 nitrogen and oxygen atoms in total. The van der Waals surface area contributed by atoms with Gasteiger partial charge in [0.05, 0.1) is 17.1 Å². The van der Waals surface area contributed by atoms with E-state index in [9.17, 15) is 8.42 Å². The molecule has 0 fully saturated rings. The SMILES string of the molecule is Cc1nn(CCCS(C)(=O)=O)cc1N. The summed E-state index contributed by atoms with van der Waals surface area (Å²) in [5, 5.41) is 4.13. The first kappa shape index (κ1) is 11.0. The molecule has 0 saturated heterocycles. The Bertz CT molecular complexity index is 389. The van der Waals surface area contributed by atoms with Crippen LogP contribution in [0.25, 0.3) is 0 Å². The summed E-state index contributed by atoms with van der Waals surface area (Å²) in [7, 11) is -2.87. The Hall–Kier alpha value is -1.04. The molecule has 0 saturated carbocycles. The molecule has 0 spiro atoms. The normalized spacial score (nSPS) is 11.9. The molecule has 0 radical (unpaired) electrons. The predicted molar refractivity (Wildman–Crippen MR) is 55.7 cm³/mol. The Morgan fingerprint density at radius 2 is 2.21 bits per heavy atom. The standard InChI is InChI=1S/C8H15N3O2S/c1-7-8(9)6-11(10-7)4-3-5-14(2,12)13/h6H,3-5,9H2,1-2H3. The van der Waals surface area contributed by atoms with Gasteiger partial charge in [0, 0.05) is 19.0 Å². The molecule has 1 rings (SSSR count). The molecular formula is C8H15N3O2S. The lowest BCUT2D eigenvalue weighted by atomic mass is 10.4. The zero-order chi connectivity index (χ0) is 10.8. The van der Waals surface area contributed by atoms with Crippen LogP contribution in [-0.2, 0) is 16.4 Å². The van der Waals surface area contributed by atoms with Crippen LogP contribution < -0.4 is 5.73 Å². The first-order chi connectivity index (χ1) is 6.38. The second-order valence-corrected chi connectivity index (χ2v) is 5.68. The molecule has 1 heterocycles. The number of anilines is 1. The highest BCUT2D eigenvalue weighted by Gasteiger charge is 2.04. The Kier molecular flexibility index (Phi) is 3.15.